The van der Waals surface area contributed by atoms with Gasteiger partial charge in [0.2, 0.25) is 0 Å². The van der Waals surface area contributed by atoms with Crippen molar-refractivity contribution in [2.24, 2.45) is 5.92 Å². The topological polar surface area (TPSA) is 89.1 Å². The molecule has 11 heteroatoms. The zero-order chi connectivity index (χ0) is 28.4. The van der Waals surface area contributed by atoms with Crippen molar-refractivity contribution in [3.05, 3.63) is 47.5 Å². The molecule has 0 spiro atoms. The summed E-state index contributed by atoms with van der Waals surface area (Å²) < 4.78 is 30.9. The number of methoxy groups -OCH3 is 1. The molecule has 40 heavy (non-hydrogen) atoms. The summed E-state index contributed by atoms with van der Waals surface area (Å²) in [6, 6.07) is 8.41. The van der Waals surface area contributed by atoms with Crippen molar-refractivity contribution >= 4 is 40.1 Å². The zero-order valence-corrected chi connectivity index (χ0v) is 24.0. The van der Waals surface area contributed by atoms with Gasteiger partial charge < -0.3 is 24.4 Å². The van der Waals surface area contributed by atoms with Crippen molar-refractivity contribution < 1.29 is 23.4 Å². The lowest BCUT2D eigenvalue weighted by Gasteiger charge is -2.27. The van der Waals surface area contributed by atoms with Crippen LogP contribution in [0, 0.1) is 11.7 Å². The lowest BCUT2D eigenvalue weighted by Crippen LogP contribution is -2.40. The van der Waals surface area contributed by atoms with E-state index in [9.17, 15) is 9.18 Å². The fourth-order valence-electron chi connectivity index (χ4n) is 5.40. The molecule has 2 unspecified atom stereocenters. The van der Waals surface area contributed by atoms with Gasteiger partial charge in [-0.3, -0.25) is 4.90 Å². The Kier molecular flexibility index (Phi) is 8.19. The number of nitrogens with one attached hydrogen (secondary N) is 1. The Labute approximate surface area is 238 Å². The van der Waals surface area contributed by atoms with E-state index in [1.807, 2.05) is 37.8 Å². The average Bonchev–Trinajstić information content (AvgIpc) is 3.49. The van der Waals surface area contributed by atoms with Crippen LogP contribution in [-0.4, -0.2) is 77.4 Å². The molecule has 0 saturated carbocycles. The number of ether oxygens (including phenoxy) is 3. The summed E-state index contributed by atoms with van der Waals surface area (Å²) in [4.78, 5) is 25.6. The fourth-order valence-corrected chi connectivity index (χ4v) is 5.58. The molecule has 3 heterocycles. The number of hydrogen-bond donors (Lipinski definition) is 1. The molecule has 5 rings (SSSR count). The molecular weight excluding hydrogens is 537 g/mol. The summed E-state index contributed by atoms with van der Waals surface area (Å²) >= 11 is 5.94. The van der Waals surface area contributed by atoms with Gasteiger partial charge in [-0.25, -0.2) is 19.2 Å². The molecule has 0 radical (unpaired) electrons. The molecule has 0 aliphatic carbocycles. The van der Waals surface area contributed by atoms with Gasteiger partial charge in [0.25, 0.3) is 0 Å². The maximum atomic E-state index is 13.6. The number of rotatable bonds is 8. The van der Waals surface area contributed by atoms with Gasteiger partial charge in [-0.05, 0) is 70.3 Å². The Bertz CT molecular complexity index is 1380. The number of nitrogens with zero attached hydrogens (tertiary/aromatic N) is 4. The first-order chi connectivity index (χ1) is 19.1. The predicted octanol–water partition coefficient (Wildman–Crippen LogP) is 5.88. The quantitative estimate of drug-likeness (QED) is 0.335. The van der Waals surface area contributed by atoms with Crippen LogP contribution in [0.5, 0.6) is 11.5 Å². The predicted molar refractivity (Wildman–Crippen MR) is 152 cm³/mol. The molecular formula is C29H35ClFN5O4. The molecule has 2 aliphatic rings. The van der Waals surface area contributed by atoms with Gasteiger partial charge >= 0.3 is 6.09 Å². The number of halogens is 2. The molecule has 9 nitrogen and oxygen atoms in total. The molecule has 1 aromatic heterocycles. The van der Waals surface area contributed by atoms with Crippen molar-refractivity contribution in [2.75, 3.05) is 45.2 Å². The van der Waals surface area contributed by atoms with Gasteiger partial charge in [-0.15, -0.1) is 0 Å². The van der Waals surface area contributed by atoms with E-state index in [4.69, 9.17) is 25.8 Å². The minimum Gasteiger partial charge on any atom is -0.493 e. The van der Waals surface area contributed by atoms with Crippen LogP contribution in [-0.2, 0) is 4.74 Å². The molecule has 214 valence electrons. The van der Waals surface area contributed by atoms with E-state index in [2.05, 4.69) is 20.2 Å². The Balaban J connectivity index is 1.21. The van der Waals surface area contributed by atoms with E-state index in [1.165, 1.54) is 18.5 Å². The van der Waals surface area contributed by atoms with Crippen LogP contribution in [0.3, 0.4) is 0 Å². The van der Waals surface area contributed by atoms with Gasteiger partial charge in [0.15, 0.2) is 11.5 Å². The monoisotopic (exact) mass is 571 g/mol. The Morgan fingerprint density at radius 2 is 2.00 bits per heavy atom. The van der Waals surface area contributed by atoms with Gasteiger partial charge in [0.1, 0.15) is 23.6 Å². The lowest BCUT2D eigenvalue weighted by atomic mass is 10.1. The van der Waals surface area contributed by atoms with Crippen LogP contribution in [0.4, 0.5) is 20.7 Å². The number of carbonyl (C=O) groups excluding carboxylic acids is 1. The summed E-state index contributed by atoms with van der Waals surface area (Å²) in [5.41, 5.74) is 0.785. The second kappa shape index (κ2) is 11.6. The first-order valence-corrected chi connectivity index (χ1v) is 13.9. The largest absolute Gasteiger partial charge is 0.493 e. The highest BCUT2D eigenvalue weighted by atomic mass is 35.5. The molecule has 2 saturated heterocycles. The van der Waals surface area contributed by atoms with Crippen LogP contribution >= 0.6 is 11.6 Å². The number of aromatic nitrogens is 2. The van der Waals surface area contributed by atoms with E-state index < -0.39 is 11.4 Å². The molecule has 2 atom stereocenters. The summed E-state index contributed by atoms with van der Waals surface area (Å²) in [6.45, 7) is 9.53. The van der Waals surface area contributed by atoms with E-state index in [0.717, 1.165) is 37.9 Å². The number of fused-ring (bicyclic) bond motifs is 2. The van der Waals surface area contributed by atoms with Crippen LogP contribution in [0.1, 0.15) is 33.6 Å². The highest BCUT2D eigenvalue weighted by Gasteiger charge is 2.43. The number of likely N-dealkylation sites (tertiary alicyclic amines) is 2. The Hall–Kier alpha value is -3.37. The minimum atomic E-state index is -0.493. The molecule has 3 aromatic rings. The highest BCUT2D eigenvalue weighted by Crippen LogP contribution is 2.36. The number of anilines is 2. The summed E-state index contributed by atoms with van der Waals surface area (Å²) in [6.07, 6.45) is 3.13. The second-order valence-corrected chi connectivity index (χ2v) is 11.6. The third-order valence-electron chi connectivity index (χ3n) is 7.26. The first-order valence-electron chi connectivity index (χ1n) is 13.5. The molecule has 2 aromatic carbocycles. The Morgan fingerprint density at radius 1 is 1.18 bits per heavy atom. The van der Waals surface area contributed by atoms with Crippen LogP contribution in [0.2, 0.25) is 5.02 Å². The van der Waals surface area contributed by atoms with Crippen LogP contribution < -0.4 is 14.8 Å². The minimum absolute atomic E-state index is 0.0218. The third kappa shape index (κ3) is 6.33. The van der Waals surface area contributed by atoms with Gasteiger partial charge in [-0.2, -0.15) is 0 Å². The molecule has 2 fully saturated rings. The van der Waals surface area contributed by atoms with E-state index >= 15 is 0 Å². The molecule has 1 N–H and O–H groups in total. The van der Waals surface area contributed by atoms with E-state index in [-0.39, 0.29) is 11.1 Å². The summed E-state index contributed by atoms with van der Waals surface area (Å²) in [7, 11) is 1.59. The van der Waals surface area contributed by atoms with Crippen LogP contribution in [0.25, 0.3) is 10.9 Å². The van der Waals surface area contributed by atoms with Crippen molar-refractivity contribution in [2.45, 2.75) is 45.3 Å². The molecule has 0 bridgehead atoms. The van der Waals surface area contributed by atoms with Gasteiger partial charge in [0, 0.05) is 42.8 Å². The van der Waals surface area contributed by atoms with Crippen molar-refractivity contribution in [1.29, 1.82) is 0 Å². The maximum absolute atomic E-state index is 13.6. The van der Waals surface area contributed by atoms with Gasteiger partial charge in [-0.1, -0.05) is 11.6 Å². The standard InChI is InChI=1S/C29H35ClFN5O4/c1-29(2,3)40-28(37)36-15-18-8-10-35(24(18)16-36)9-5-11-39-26-13-20-23(14-25(26)38-4)32-17-33-27(20)34-19-6-7-22(31)21(30)12-19/h6-7,12-14,17-18,24H,5,8-11,15-16H2,1-4H3,(H,32,33,34). The normalized spacial score (nSPS) is 19.1. The van der Waals surface area contributed by atoms with Gasteiger partial charge in [0.05, 0.1) is 24.3 Å². The Morgan fingerprint density at radius 3 is 2.75 bits per heavy atom. The summed E-state index contributed by atoms with van der Waals surface area (Å²) in [5, 5.41) is 3.94. The first kappa shape index (κ1) is 28.2. The molecule has 2 aliphatic heterocycles. The second-order valence-electron chi connectivity index (χ2n) is 11.2. The van der Waals surface area contributed by atoms with E-state index in [0.29, 0.717) is 53.6 Å². The number of benzene rings is 2. The number of carbonyl (C=O) groups is 1. The number of amides is 1. The van der Waals surface area contributed by atoms with E-state index in [1.54, 1.807) is 13.2 Å². The average molecular weight is 572 g/mol. The smallest absolute Gasteiger partial charge is 0.410 e. The van der Waals surface area contributed by atoms with Crippen LogP contribution in [0.15, 0.2) is 36.7 Å². The maximum Gasteiger partial charge on any atom is 0.410 e. The zero-order valence-electron chi connectivity index (χ0n) is 23.2. The van der Waals surface area contributed by atoms with Crippen molar-refractivity contribution in [1.82, 2.24) is 19.8 Å². The third-order valence-corrected chi connectivity index (χ3v) is 7.55. The fraction of sp³-hybridized carbons (Fsp3) is 0.483. The SMILES string of the molecule is COc1cc2ncnc(Nc3ccc(F)c(Cl)c3)c2cc1OCCCN1CCC2CN(C(=O)OC(C)(C)C)CC21. The lowest BCUT2D eigenvalue weighted by molar-refractivity contribution is 0.0272. The number of hydrogen-bond acceptors (Lipinski definition) is 8. The highest BCUT2D eigenvalue weighted by molar-refractivity contribution is 6.31. The summed E-state index contributed by atoms with van der Waals surface area (Å²) in [5.74, 6) is 1.70. The van der Waals surface area contributed by atoms with Crippen molar-refractivity contribution in [3.63, 3.8) is 0 Å². The van der Waals surface area contributed by atoms with Crippen molar-refractivity contribution in [3.8, 4) is 11.5 Å². The molecule has 1 amide bonds.